The highest BCUT2D eigenvalue weighted by atomic mass is 35.5. The van der Waals surface area contributed by atoms with E-state index in [1.807, 2.05) is 49.9 Å². The molecule has 3 aliphatic heterocycles. The van der Waals surface area contributed by atoms with E-state index in [2.05, 4.69) is 5.32 Å². The fourth-order valence-electron chi connectivity index (χ4n) is 7.19. The SMILES string of the molecule is CCOc1ccc(S(=O)(=O)N(C)CC(C)C)cc1C1=NC(c2ccc(Cl)cc2)C(c2ccc(Cl)cc2)N1C(=O)N1CCN(C(=O)CN2CCNC(=O)C2)CC1. The molecule has 2 fully saturated rings. The molecule has 1 N–H and O–H groups in total. The largest absolute Gasteiger partial charge is 0.493 e. The minimum atomic E-state index is -3.93. The van der Waals surface area contributed by atoms with Gasteiger partial charge in [-0.2, -0.15) is 0 Å². The zero-order chi connectivity index (χ0) is 39.4. The zero-order valence-electron chi connectivity index (χ0n) is 31.5. The van der Waals surface area contributed by atoms with Gasteiger partial charge in [0.15, 0.2) is 0 Å². The molecule has 3 aromatic rings. The lowest BCUT2D eigenvalue weighted by atomic mass is 9.93. The molecule has 0 aromatic heterocycles. The van der Waals surface area contributed by atoms with Crippen molar-refractivity contribution in [3.63, 3.8) is 0 Å². The van der Waals surface area contributed by atoms with Crippen molar-refractivity contribution >= 4 is 56.9 Å². The molecular formula is C39H47Cl2N7O6S. The number of nitrogens with zero attached hydrogens (tertiary/aromatic N) is 6. The molecule has 55 heavy (non-hydrogen) atoms. The maximum absolute atomic E-state index is 15.1. The summed E-state index contributed by atoms with van der Waals surface area (Å²) in [5.74, 6) is 0.505. The van der Waals surface area contributed by atoms with Crippen LogP contribution in [0.3, 0.4) is 0 Å². The number of urea groups is 1. The molecule has 2 unspecified atom stereocenters. The smallest absolute Gasteiger partial charge is 0.326 e. The number of carbonyl (C=O) groups is 3. The van der Waals surface area contributed by atoms with Gasteiger partial charge < -0.3 is 19.9 Å². The van der Waals surface area contributed by atoms with E-state index < -0.39 is 22.1 Å². The lowest BCUT2D eigenvalue weighted by molar-refractivity contribution is -0.135. The topological polar surface area (TPSA) is 135 Å². The lowest BCUT2D eigenvalue weighted by Gasteiger charge is -2.39. The molecule has 2 saturated heterocycles. The molecular weight excluding hydrogens is 765 g/mol. The summed E-state index contributed by atoms with van der Waals surface area (Å²) in [6.45, 7) is 8.81. The van der Waals surface area contributed by atoms with Gasteiger partial charge in [-0.3, -0.25) is 24.4 Å². The molecule has 4 amide bonds. The Labute approximate surface area is 332 Å². The van der Waals surface area contributed by atoms with Gasteiger partial charge in [0.1, 0.15) is 17.6 Å². The number of nitrogens with one attached hydrogen (secondary N) is 1. The molecule has 2 atom stereocenters. The number of piperazine rings is 2. The van der Waals surface area contributed by atoms with Gasteiger partial charge in [-0.1, -0.05) is 61.3 Å². The molecule has 294 valence electrons. The Balaban J connectivity index is 1.41. The van der Waals surface area contributed by atoms with E-state index in [1.54, 1.807) is 52.1 Å². The predicted octanol–water partition coefficient (Wildman–Crippen LogP) is 4.91. The molecule has 0 bridgehead atoms. The van der Waals surface area contributed by atoms with Crippen LogP contribution in [0.5, 0.6) is 5.75 Å². The standard InChI is InChI=1S/C39H47Cl2N7O6S/c1-5-54-33-15-14-31(55(52,53)44(4)23-26(2)3)22-32(33)38-43-36(27-6-10-29(40)11-7-27)37(28-8-12-30(41)13-9-28)48(38)39(51)47-20-18-46(19-21-47)35(50)25-45-17-16-42-34(49)24-45/h6-15,22,26,36-37H,5,16-21,23-25H2,1-4H3,(H,42,49). The number of benzene rings is 3. The van der Waals surface area contributed by atoms with E-state index in [4.69, 9.17) is 32.9 Å². The summed E-state index contributed by atoms with van der Waals surface area (Å²) in [6, 6.07) is 17.5. The normalized spacial score (nSPS) is 19.5. The number of hydrogen-bond donors (Lipinski definition) is 1. The first-order valence-electron chi connectivity index (χ1n) is 18.4. The highest BCUT2D eigenvalue weighted by Crippen LogP contribution is 2.46. The van der Waals surface area contributed by atoms with E-state index >= 15 is 4.79 Å². The highest BCUT2D eigenvalue weighted by Gasteiger charge is 2.45. The number of hydrogen-bond acceptors (Lipinski definition) is 8. The Bertz CT molecular complexity index is 2020. The fraction of sp³-hybridized carbons (Fsp3) is 0.436. The van der Waals surface area contributed by atoms with Crippen molar-refractivity contribution < 1.29 is 27.5 Å². The zero-order valence-corrected chi connectivity index (χ0v) is 33.8. The quantitative estimate of drug-likeness (QED) is 0.291. The van der Waals surface area contributed by atoms with Crippen molar-refractivity contribution in [2.45, 2.75) is 37.8 Å². The Morgan fingerprint density at radius 1 is 0.927 bits per heavy atom. The summed E-state index contributed by atoms with van der Waals surface area (Å²) in [7, 11) is -2.38. The minimum Gasteiger partial charge on any atom is -0.493 e. The summed E-state index contributed by atoms with van der Waals surface area (Å²) in [6.07, 6.45) is 0. The number of carbonyl (C=O) groups excluding carboxylic acids is 3. The molecule has 3 aromatic carbocycles. The Morgan fingerprint density at radius 2 is 1.55 bits per heavy atom. The summed E-state index contributed by atoms with van der Waals surface area (Å²) in [5.41, 5.74) is 1.90. The average molecular weight is 813 g/mol. The van der Waals surface area contributed by atoms with E-state index in [0.717, 1.165) is 11.1 Å². The number of halogens is 2. The summed E-state index contributed by atoms with van der Waals surface area (Å²) in [4.78, 5) is 52.4. The first-order chi connectivity index (χ1) is 26.3. The number of ether oxygens (including phenoxy) is 1. The molecule has 0 spiro atoms. The molecule has 0 saturated carbocycles. The van der Waals surface area contributed by atoms with Crippen molar-refractivity contribution in [1.82, 2.24) is 29.2 Å². The summed E-state index contributed by atoms with van der Waals surface area (Å²) in [5, 5.41) is 3.84. The van der Waals surface area contributed by atoms with Crippen molar-refractivity contribution in [2.24, 2.45) is 10.9 Å². The Kier molecular flexibility index (Phi) is 12.7. The fourth-order valence-corrected chi connectivity index (χ4v) is 8.80. The number of rotatable bonds is 11. The van der Waals surface area contributed by atoms with Crippen molar-refractivity contribution in [3.8, 4) is 5.75 Å². The van der Waals surface area contributed by atoms with E-state index in [-0.39, 0.29) is 67.3 Å². The van der Waals surface area contributed by atoms with Crippen molar-refractivity contribution in [3.05, 3.63) is 93.5 Å². The highest BCUT2D eigenvalue weighted by molar-refractivity contribution is 7.89. The van der Waals surface area contributed by atoms with Gasteiger partial charge in [0, 0.05) is 62.9 Å². The minimum absolute atomic E-state index is 0.0421. The van der Waals surface area contributed by atoms with Gasteiger partial charge in [0.2, 0.25) is 21.8 Å². The van der Waals surface area contributed by atoms with Gasteiger partial charge in [0.25, 0.3) is 0 Å². The van der Waals surface area contributed by atoms with Gasteiger partial charge in [0.05, 0.1) is 36.2 Å². The van der Waals surface area contributed by atoms with E-state index in [9.17, 15) is 18.0 Å². The Morgan fingerprint density at radius 3 is 2.15 bits per heavy atom. The van der Waals surface area contributed by atoms with Crippen LogP contribution in [-0.4, -0.2) is 129 Å². The van der Waals surface area contributed by atoms with Crippen LogP contribution < -0.4 is 10.1 Å². The predicted molar refractivity (Wildman–Crippen MR) is 212 cm³/mol. The van der Waals surface area contributed by atoms with Crippen molar-refractivity contribution in [2.75, 3.05) is 72.6 Å². The number of amides is 4. The second kappa shape index (κ2) is 17.3. The number of aliphatic imine (C=N–C) groups is 1. The molecule has 3 aliphatic rings. The second-order valence-corrected chi connectivity index (χ2v) is 17.2. The van der Waals surface area contributed by atoms with Crippen LogP contribution >= 0.6 is 23.2 Å². The molecule has 13 nitrogen and oxygen atoms in total. The second-order valence-electron chi connectivity index (χ2n) is 14.3. The lowest BCUT2D eigenvalue weighted by Crippen LogP contribution is -2.57. The van der Waals surface area contributed by atoms with Crippen LogP contribution in [0.4, 0.5) is 4.79 Å². The summed E-state index contributed by atoms with van der Waals surface area (Å²) >= 11 is 12.7. The third-order valence-corrected chi connectivity index (χ3v) is 12.2. The van der Waals surface area contributed by atoms with Crippen LogP contribution in [0.1, 0.15) is 49.5 Å². The van der Waals surface area contributed by atoms with Crippen molar-refractivity contribution in [1.29, 1.82) is 0 Å². The third kappa shape index (κ3) is 9.10. The van der Waals surface area contributed by atoms with Crippen LogP contribution in [0.2, 0.25) is 10.0 Å². The monoisotopic (exact) mass is 811 g/mol. The first kappa shape index (κ1) is 40.5. The summed E-state index contributed by atoms with van der Waals surface area (Å²) < 4.78 is 35.2. The number of sulfonamides is 1. The maximum Gasteiger partial charge on any atom is 0.326 e. The third-order valence-electron chi connectivity index (χ3n) is 9.90. The molecule has 16 heteroatoms. The first-order valence-corrected chi connectivity index (χ1v) is 20.6. The number of amidine groups is 1. The van der Waals surface area contributed by atoms with Gasteiger partial charge in [-0.15, -0.1) is 0 Å². The maximum atomic E-state index is 15.1. The average Bonchev–Trinajstić information content (AvgIpc) is 3.55. The molecule has 0 radical (unpaired) electrons. The van der Waals surface area contributed by atoms with Crippen LogP contribution in [0.25, 0.3) is 0 Å². The molecule has 0 aliphatic carbocycles. The van der Waals surface area contributed by atoms with Crippen LogP contribution in [0.15, 0.2) is 76.6 Å². The molecule has 6 rings (SSSR count). The molecule has 3 heterocycles. The van der Waals surface area contributed by atoms with Gasteiger partial charge >= 0.3 is 6.03 Å². The van der Waals surface area contributed by atoms with Gasteiger partial charge in [-0.05, 0) is 66.4 Å². The van der Waals surface area contributed by atoms with E-state index in [0.29, 0.717) is 54.1 Å². The van der Waals surface area contributed by atoms with Gasteiger partial charge in [-0.25, -0.2) is 17.5 Å². The van der Waals surface area contributed by atoms with Crippen LogP contribution in [-0.2, 0) is 19.6 Å². The Hall–Kier alpha value is -4.21. The van der Waals surface area contributed by atoms with Crippen LogP contribution in [0, 0.1) is 5.92 Å². The van der Waals surface area contributed by atoms with E-state index in [1.165, 1.54) is 16.4 Å².